The van der Waals surface area contributed by atoms with Crippen molar-refractivity contribution in [3.63, 3.8) is 0 Å². The molecule has 2 heterocycles. The predicted molar refractivity (Wildman–Crippen MR) is 96.6 cm³/mol. The molecule has 1 aliphatic rings. The second kappa shape index (κ2) is 7.98. The first-order chi connectivity index (χ1) is 12.2. The smallest absolute Gasteiger partial charge is 0.255 e. The van der Waals surface area contributed by atoms with Gasteiger partial charge in [-0.15, -0.1) is 0 Å². The molecule has 25 heavy (non-hydrogen) atoms. The van der Waals surface area contributed by atoms with Crippen LogP contribution in [0.5, 0.6) is 0 Å². The Labute approximate surface area is 151 Å². The molecule has 7 heteroatoms. The molecule has 130 valence electrons. The van der Waals surface area contributed by atoms with Gasteiger partial charge in [-0.3, -0.25) is 9.59 Å². The molecule has 0 unspecified atom stereocenters. The summed E-state index contributed by atoms with van der Waals surface area (Å²) in [7, 11) is 0. The summed E-state index contributed by atoms with van der Waals surface area (Å²) in [6.45, 7) is 2.88. The van der Waals surface area contributed by atoms with Gasteiger partial charge in [-0.25, -0.2) is 4.98 Å². The quantitative estimate of drug-likeness (QED) is 0.833. The fourth-order valence-electron chi connectivity index (χ4n) is 2.63. The van der Waals surface area contributed by atoms with Gasteiger partial charge in [0.05, 0.1) is 5.56 Å². The molecule has 1 N–H and O–H groups in total. The number of hydrogen-bond donors (Lipinski definition) is 1. The minimum atomic E-state index is -0.0534. The fraction of sp³-hybridized carbons (Fsp3) is 0.278. The lowest BCUT2D eigenvalue weighted by Gasteiger charge is -2.32. The SMILES string of the molecule is O=CN1CCN(C(=O)c2ccc(NCc3ccc(Cl)cc3)nc2)CC1. The molecular formula is C18H19ClN4O2. The largest absolute Gasteiger partial charge is 0.366 e. The van der Waals surface area contributed by atoms with E-state index in [9.17, 15) is 9.59 Å². The summed E-state index contributed by atoms with van der Waals surface area (Å²) in [4.78, 5) is 30.9. The molecule has 6 nitrogen and oxygen atoms in total. The first kappa shape index (κ1) is 17.2. The lowest BCUT2D eigenvalue weighted by molar-refractivity contribution is -0.119. The van der Waals surface area contributed by atoms with Crippen molar-refractivity contribution in [2.75, 3.05) is 31.5 Å². The van der Waals surface area contributed by atoms with Gasteiger partial charge in [0, 0.05) is 43.9 Å². The van der Waals surface area contributed by atoms with E-state index in [1.807, 2.05) is 24.3 Å². The number of nitrogens with one attached hydrogen (secondary N) is 1. The van der Waals surface area contributed by atoms with Crippen LogP contribution < -0.4 is 5.32 Å². The summed E-state index contributed by atoms with van der Waals surface area (Å²) in [5, 5.41) is 3.92. The third-order valence-corrected chi connectivity index (χ3v) is 4.40. The van der Waals surface area contributed by atoms with Crippen LogP contribution in [0.25, 0.3) is 0 Å². The first-order valence-electron chi connectivity index (χ1n) is 8.09. The van der Waals surface area contributed by atoms with E-state index in [-0.39, 0.29) is 5.91 Å². The second-order valence-corrected chi connectivity index (χ2v) is 6.28. The molecule has 3 rings (SSSR count). The van der Waals surface area contributed by atoms with Crippen LogP contribution in [0.3, 0.4) is 0 Å². The monoisotopic (exact) mass is 358 g/mol. The van der Waals surface area contributed by atoms with Crippen LogP contribution in [-0.4, -0.2) is 53.3 Å². The van der Waals surface area contributed by atoms with Gasteiger partial charge in [0.15, 0.2) is 0 Å². The Morgan fingerprint density at radius 2 is 1.84 bits per heavy atom. The lowest BCUT2D eigenvalue weighted by atomic mass is 10.2. The maximum absolute atomic E-state index is 12.5. The van der Waals surface area contributed by atoms with Gasteiger partial charge in [0.2, 0.25) is 6.41 Å². The van der Waals surface area contributed by atoms with Crippen LogP contribution in [0.4, 0.5) is 5.82 Å². The number of aromatic nitrogens is 1. The molecule has 0 aliphatic carbocycles. The Hall–Kier alpha value is -2.60. The Morgan fingerprint density at radius 1 is 1.12 bits per heavy atom. The Kier molecular flexibility index (Phi) is 5.50. The Morgan fingerprint density at radius 3 is 2.44 bits per heavy atom. The number of carbonyl (C=O) groups is 2. The normalized spacial score (nSPS) is 14.3. The Balaban J connectivity index is 1.55. The zero-order valence-electron chi connectivity index (χ0n) is 13.7. The summed E-state index contributed by atoms with van der Waals surface area (Å²) in [6, 6.07) is 11.2. The van der Waals surface area contributed by atoms with Gasteiger partial charge in [0.25, 0.3) is 5.91 Å². The Bertz CT molecular complexity index is 726. The predicted octanol–water partition coefficient (Wildman–Crippen LogP) is 2.26. The van der Waals surface area contributed by atoms with E-state index in [4.69, 9.17) is 11.6 Å². The van der Waals surface area contributed by atoms with E-state index in [0.29, 0.717) is 49.1 Å². The molecule has 0 radical (unpaired) electrons. The van der Waals surface area contributed by atoms with Crippen molar-refractivity contribution < 1.29 is 9.59 Å². The van der Waals surface area contributed by atoms with E-state index in [1.165, 1.54) is 0 Å². The van der Waals surface area contributed by atoms with Crippen LogP contribution in [-0.2, 0) is 11.3 Å². The van der Waals surface area contributed by atoms with Gasteiger partial charge in [-0.2, -0.15) is 0 Å². The van der Waals surface area contributed by atoms with Gasteiger partial charge >= 0.3 is 0 Å². The summed E-state index contributed by atoms with van der Waals surface area (Å²) in [6.07, 6.45) is 2.41. The minimum absolute atomic E-state index is 0.0534. The van der Waals surface area contributed by atoms with Gasteiger partial charge in [-0.05, 0) is 29.8 Å². The molecule has 2 amide bonds. The highest BCUT2D eigenvalue weighted by atomic mass is 35.5. The van der Waals surface area contributed by atoms with Crippen molar-refractivity contribution in [1.82, 2.24) is 14.8 Å². The number of halogens is 1. The number of carbonyl (C=O) groups excluding carboxylic acids is 2. The van der Waals surface area contributed by atoms with Crippen molar-refractivity contribution in [3.8, 4) is 0 Å². The third-order valence-electron chi connectivity index (χ3n) is 4.15. The van der Waals surface area contributed by atoms with E-state index in [0.717, 1.165) is 12.0 Å². The molecule has 1 aromatic heterocycles. The molecule has 0 bridgehead atoms. The first-order valence-corrected chi connectivity index (χ1v) is 8.46. The number of rotatable bonds is 5. The number of pyridine rings is 1. The molecule has 1 saturated heterocycles. The molecule has 0 spiro atoms. The molecule has 0 saturated carbocycles. The third kappa shape index (κ3) is 4.48. The number of hydrogen-bond acceptors (Lipinski definition) is 4. The van der Waals surface area contributed by atoms with Gasteiger partial charge in [0.1, 0.15) is 5.82 Å². The summed E-state index contributed by atoms with van der Waals surface area (Å²) in [5.74, 6) is 0.652. The molecule has 0 atom stereocenters. The molecule has 1 aliphatic heterocycles. The van der Waals surface area contributed by atoms with E-state index in [2.05, 4.69) is 10.3 Å². The minimum Gasteiger partial charge on any atom is -0.366 e. The highest BCUT2D eigenvalue weighted by Crippen LogP contribution is 2.13. The van der Waals surface area contributed by atoms with Crippen molar-refractivity contribution in [2.24, 2.45) is 0 Å². The number of anilines is 1. The van der Waals surface area contributed by atoms with Crippen molar-refractivity contribution >= 4 is 29.7 Å². The second-order valence-electron chi connectivity index (χ2n) is 5.85. The van der Waals surface area contributed by atoms with Gasteiger partial charge in [-0.1, -0.05) is 23.7 Å². The maximum Gasteiger partial charge on any atom is 0.255 e. The van der Waals surface area contributed by atoms with Crippen LogP contribution in [0.2, 0.25) is 5.02 Å². The average molecular weight is 359 g/mol. The number of amides is 2. The number of benzene rings is 1. The molecule has 1 fully saturated rings. The van der Waals surface area contributed by atoms with E-state index >= 15 is 0 Å². The molecule has 1 aromatic carbocycles. The van der Waals surface area contributed by atoms with Crippen molar-refractivity contribution in [3.05, 3.63) is 58.7 Å². The van der Waals surface area contributed by atoms with Gasteiger partial charge < -0.3 is 15.1 Å². The van der Waals surface area contributed by atoms with Crippen LogP contribution >= 0.6 is 11.6 Å². The topological polar surface area (TPSA) is 65.5 Å². The summed E-state index contributed by atoms with van der Waals surface area (Å²) >= 11 is 5.87. The van der Waals surface area contributed by atoms with Crippen LogP contribution in [0, 0.1) is 0 Å². The lowest BCUT2D eigenvalue weighted by Crippen LogP contribution is -2.48. The van der Waals surface area contributed by atoms with Crippen molar-refractivity contribution in [1.29, 1.82) is 0 Å². The number of nitrogens with zero attached hydrogens (tertiary/aromatic N) is 3. The van der Waals surface area contributed by atoms with Crippen LogP contribution in [0.1, 0.15) is 15.9 Å². The zero-order chi connectivity index (χ0) is 17.6. The summed E-state index contributed by atoms with van der Waals surface area (Å²) in [5.41, 5.74) is 1.65. The average Bonchev–Trinajstić information content (AvgIpc) is 2.67. The summed E-state index contributed by atoms with van der Waals surface area (Å²) < 4.78 is 0. The molecule has 2 aromatic rings. The number of piperazine rings is 1. The fourth-order valence-corrected chi connectivity index (χ4v) is 2.76. The van der Waals surface area contributed by atoms with Crippen LogP contribution in [0.15, 0.2) is 42.6 Å². The molecular weight excluding hydrogens is 340 g/mol. The van der Waals surface area contributed by atoms with E-state index < -0.39 is 0 Å². The van der Waals surface area contributed by atoms with Crippen molar-refractivity contribution in [2.45, 2.75) is 6.54 Å². The maximum atomic E-state index is 12.5. The zero-order valence-corrected chi connectivity index (χ0v) is 14.4. The standard InChI is InChI=1S/C18H19ClN4O2/c19-16-4-1-14(2-5-16)11-20-17-6-3-15(12-21-17)18(25)23-9-7-22(13-24)8-10-23/h1-6,12-13H,7-11H2,(H,20,21). The van der Waals surface area contributed by atoms with E-state index in [1.54, 1.807) is 28.1 Å². The highest BCUT2D eigenvalue weighted by molar-refractivity contribution is 6.30. The highest BCUT2D eigenvalue weighted by Gasteiger charge is 2.21.